The Labute approximate surface area is 339 Å². The van der Waals surface area contributed by atoms with E-state index >= 15 is 19.2 Å². The number of fused-ring (bicyclic) bond motifs is 1. The fourth-order valence-corrected chi connectivity index (χ4v) is 7.64. The number of imidazole rings is 1. The third-order valence-corrected chi connectivity index (χ3v) is 10.4. The summed E-state index contributed by atoms with van der Waals surface area (Å²) < 4.78 is 28.7. The molecule has 4 atom stereocenters. The lowest BCUT2D eigenvalue weighted by Crippen LogP contribution is -2.80. The van der Waals surface area contributed by atoms with E-state index < -0.39 is 75.8 Å². The lowest BCUT2D eigenvalue weighted by Gasteiger charge is -2.49. The number of nitrogen functional groups attached to an aromatic ring is 1. The average molecular weight is 806 g/mol. The lowest BCUT2D eigenvalue weighted by molar-refractivity contribution is -0.168. The summed E-state index contributed by atoms with van der Waals surface area (Å²) in [5.74, 6) is -7.55. The monoisotopic (exact) mass is 805 g/mol. The summed E-state index contributed by atoms with van der Waals surface area (Å²) in [5, 5.41) is 26.4. The van der Waals surface area contributed by atoms with Gasteiger partial charge in [0.05, 0.1) is 11.9 Å². The van der Waals surface area contributed by atoms with Crippen LogP contribution in [-0.2, 0) is 9.47 Å². The highest BCUT2D eigenvalue weighted by atomic mass is 19.1. The molecule has 14 nitrogen and oxygen atoms in total. The summed E-state index contributed by atoms with van der Waals surface area (Å²) in [5.41, 5.74) is -7.55. The molecule has 4 N–H and O–H groups in total. The van der Waals surface area contributed by atoms with Gasteiger partial charge in [-0.25, -0.2) is 9.78 Å². The third-order valence-electron chi connectivity index (χ3n) is 10.4. The molecule has 1 aliphatic heterocycles. The molecule has 1 aliphatic rings. The number of rotatable bonds is 12. The second-order valence-corrected chi connectivity index (χ2v) is 13.8. The van der Waals surface area contributed by atoms with Gasteiger partial charge in [0, 0.05) is 22.3 Å². The predicted molar refractivity (Wildman–Crippen MR) is 211 cm³/mol. The van der Waals surface area contributed by atoms with Gasteiger partial charge in [-0.3, -0.25) is 23.7 Å². The Morgan fingerprint density at radius 2 is 1.10 bits per heavy atom. The number of carbonyl (C=O) groups is 5. The molecule has 7 aromatic rings. The van der Waals surface area contributed by atoms with E-state index in [9.17, 15) is 19.4 Å². The van der Waals surface area contributed by atoms with Crippen LogP contribution >= 0.6 is 0 Å². The molecule has 0 unspecified atom stereocenters. The van der Waals surface area contributed by atoms with Crippen LogP contribution in [0.25, 0.3) is 11.2 Å². The number of ketones is 4. The SMILES string of the molecule is Nc1nc(F)nc2c1ncn2[C@@H]1O[C@](C(=O)c2ccccc2)(C(OC(=O)c2ccccc2)(C(=O)c2ccccc2)C(=O)c2ccccc2)[C@](O)(C(=O)c2ccccc2)[C@H]1O. The van der Waals surface area contributed by atoms with Crippen LogP contribution < -0.4 is 5.73 Å². The zero-order chi connectivity index (χ0) is 42.2. The van der Waals surface area contributed by atoms with Crippen LogP contribution in [0.3, 0.4) is 0 Å². The van der Waals surface area contributed by atoms with E-state index in [1.54, 1.807) is 30.3 Å². The van der Waals surface area contributed by atoms with Crippen molar-refractivity contribution < 1.29 is 48.0 Å². The third kappa shape index (κ3) is 5.98. The summed E-state index contributed by atoms with van der Waals surface area (Å²) in [6, 6.07) is 34.8. The highest BCUT2D eigenvalue weighted by molar-refractivity contribution is 6.31. The van der Waals surface area contributed by atoms with Crippen LogP contribution in [0.2, 0.25) is 0 Å². The smallest absolute Gasteiger partial charge is 0.339 e. The largest absolute Gasteiger partial charge is 0.435 e. The number of Topliss-reactive ketones (excluding diaryl/α,β-unsaturated/α-hetero) is 4. The molecule has 298 valence electrons. The molecule has 0 amide bonds. The number of hydrogen-bond donors (Lipinski definition) is 3. The van der Waals surface area contributed by atoms with Crippen molar-refractivity contribution in [2.45, 2.75) is 29.1 Å². The number of halogens is 1. The first-order chi connectivity index (χ1) is 29.0. The van der Waals surface area contributed by atoms with Crippen LogP contribution in [0.15, 0.2) is 158 Å². The number of aliphatic hydroxyl groups is 2. The Bertz CT molecular complexity index is 2720. The van der Waals surface area contributed by atoms with Crippen molar-refractivity contribution in [3.63, 3.8) is 0 Å². The van der Waals surface area contributed by atoms with E-state index in [1.165, 1.54) is 121 Å². The van der Waals surface area contributed by atoms with Crippen molar-refractivity contribution in [1.82, 2.24) is 19.5 Å². The number of benzene rings is 5. The number of anilines is 1. The quantitative estimate of drug-likeness (QED) is 0.0640. The molecule has 60 heavy (non-hydrogen) atoms. The van der Waals surface area contributed by atoms with E-state index in [4.69, 9.17) is 15.2 Å². The second kappa shape index (κ2) is 15.3. The minimum absolute atomic E-state index is 0.220. The topological polar surface area (TPSA) is 214 Å². The van der Waals surface area contributed by atoms with Gasteiger partial charge in [-0.05, 0) is 12.1 Å². The van der Waals surface area contributed by atoms with Gasteiger partial charge in [-0.15, -0.1) is 0 Å². The number of ether oxygens (including phenoxy) is 2. The molecule has 2 aromatic heterocycles. The Hall–Kier alpha value is -7.59. The number of aliphatic hydroxyl groups excluding tert-OH is 1. The maximum Gasteiger partial charge on any atom is 0.339 e. The number of nitrogens with two attached hydrogens (primary N) is 1. The van der Waals surface area contributed by atoms with Crippen LogP contribution in [0.4, 0.5) is 10.2 Å². The van der Waals surface area contributed by atoms with Crippen LogP contribution in [0.5, 0.6) is 0 Å². The molecule has 0 saturated carbocycles. The fraction of sp³-hybridized carbons (Fsp3) is 0.111. The van der Waals surface area contributed by atoms with Crippen LogP contribution in [0, 0.1) is 6.08 Å². The van der Waals surface area contributed by atoms with E-state index in [1.807, 2.05) is 0 Å². The Morgan fingerprint density at radius 3 is 1.58 bits per heavy atom. The van der Waals surface area contributed by atoms with Gasteiger partial charge in [-0.2, -0.15) is 14.4 Å². The zero-order valence-electron chi connectivity index (χ0n) is 31.2. The first-order valence-corrected chi connectivity index (χ1v) is 18.4. The van der Waals surface area contributed by atoms with Gasteiger partial charge in [0.2, 0.25) is 28.7 Å². The number of esters is 1. The first-order valence-electron chi connectivity index (χ1n) is 18.4. The maximum atomic E-state index is 16.0. The summed E-state index contributed by atoms with van der Waals surface area (Å²) in [6.07, 6.45) is -5.30. The van der Waals surface area contributed by atoms with Crippen molar-refractivity contribution in [3.05, 3.63) is 192 Å². The van der Waals surface area contributed by atoms with Gasteiger partial charge in [0.15, 0.2) is 28.8 Å². The summed E-state index contributed by atoms with van der Waals surface area (Å²) in [6.45, 7) is 0. The molecule has 3 heterocycles. The molecule has 1 fully saturated rings. The molecule has 0 aliphatic carbocycles. The van der Waals surface area contributed by atoms with E-state index in [0.717, 1.165) is 10.9 Å². The summed E-state index contributed by atoms with van der Waals surface area (Å²) in [7, 11) is 0. The van der Waals surface area contributed by atoms with Gasteiger partial charge in [0.1, 0.15) is 6.10 Å². The van der Waals surface area contributed by atoms with Gasteiger partial charge in [0.25, 0.3) is 5.60 Å². The van der Waals surface area contributed by atoms with E-state index in [0.29, 0.717) is 0 Å². The van der Waals surface area contributed by atoms with Gasteiger partial charge in [-0.1, -0.05) is 140 Å². The van der Waals surface area contributed by atoms with Crippen LogP contribution in [0.1, 0.15) is 58.0 Å². The molecule has 5 aromatic carbocycles. The number of hydrogen-bond acceptors (Lipinski definition) is 13. The number of carbonyl (C=O) groups excluding carboxylic acids is 5. The molecule has 8 rings (SSSR count). The normalized spacial score (nSPS) is 20.1. The fourth-order valence-electron chi connectivity index (χ4n) is 7.64. The highest BCUT2D eigenvalue weighted by Crippen LogP contribution is 2.56. The lowest BCUT2D eigenvalue weighted by atomic mass is 9.59. The molecule has 0 bridgehead atoms. The van der Waals surface area contributed by atoms with Crippen molar-refractivity contribution in [1.29, 1.82) is 0 Å². The van der Waals surface area contributed by atoms with Crippen molar-refractivity contribution in [3.8, 4) is 0 Å². The second-order valence-electron chi connectivity index (χ2n) is 13.8. The minimum atomic E-state index is -3.77. The molecular weight excluding hydrogens is 774 g/mol. The molecule has 15 heteroatoms. The van der Waals surface area contributed by atoms with Gasteiger partial charge < -0.3 is 25.4 Å². The number of nitrogens with zero attached hydrogens (tertiary/aromatic N) is 4. The molecular formula is C45H32FN5O9. The van der Waals surface area contributed by atoms with Crippen molar-refractivity contribution in [2.24, 2.45) is 0 Å². The Morgan fingerprint density at radius 1 is 0.667 bits per heavy atom. The minimum Gasteiger partial charge on any atom is -0.435 e. The molecule has 0 spiro atoms. The van der Waals surface area contributed by atoms with E-state index in [2.05, 4.69) is 15.0 Å². The standard InChI is InChI=1S/C45H32FN5O9/c46-42-49-38(47)32-39(50-42)51(26-48-32)40-37(56)43(58,33(52)27-16-6-1-7-17-27)45(59-40,36(55)30-22-12-4-13-23-30)44(34(53)28-18-8-2-9-19-28,35(54)29-20-10-3-11-21-29)60-41(57)31-24-14-5-15-25-31/h1-26,37,40,56,58H,(H2,47,49,50)/t37-,40+,43-,45-/m0/s1. The van der Waals surface area contributed by atoms with Crippen molar-refractivity contribution in [2.75, 3.05) is 5.73 Å². The maximum absolute atomic E-state index is 16.0. The highest BCUT2D eigenvalue weighted by Gasteiger charge is 2.85. The Kier molecular flexibility index (Phi) is 10.0. The van der Waals surface area contributed by atoms with Gasteiger partial charge >= 0.3 is 12.0 Å². The molecule has 1 saturated heterocycles. The number of aromatic nitrogens is 4. The Balaban J connectivity index is 1.56. The molecule has 0 radical (unpaired) electrons. The van der Waals surface area contributed by atoms with Crippen LogP contribution in [-0.4, -0.2) is 81.7 Å². The van der Waals surface area contributed by atoms with Crippen molar-refractivity contribution >= 4 is 46.1 Å². The predicted octanol–water partition coefficient (Wildman–Crippen LogP) is 5.03. The summed E-state index contributed by atoms with van der Waals surface area (Å²) >= 11 is 0. The first kappa shape index (κ1) is 39.2. The van der Waals surface area contributed by atoms with E-state index in [-0.39, 0.29) is 33.3 Å². The average Bonchev–Trinajstić information content (AvgIpc) is 3.82. The summed E-state index contributed by atoms with van der Waals surface area (Å²) in [4.78, 5) is 89.3. The zero-order valence-corrected chi connectivity index (χ0v) is 31.2.